The van der Waals surface area contributed by atoms with Gasteiger partial charge in [-0.05, 0) is 36.4 Å². The lowest BCUT2D eigenvalue weighted by molar-refractivity contribution is 0.0930. The highest BCUT2D eigenvalue weighted by atomic mass is 16.6. The summed E-state index contributed by atoms with van der Waals surface area (Å²) in [5, 5.41) is 3.45. The van der Waals surface area contributed by atoms with Gasteiger partial charge in [-0.15, -0.1) is 0 Å². The maximum Gasteiger partial charge on any atom is 0.193 e. The number of guanidine groups is 1. The van der Waals surface area contributed by atoms with Gasteiger partial charge in [0, 0.05) is 38.9 Å². The number of methoxy groups -OCH3 is 1. The highest BCUT2D eigenvalue weighted by Crippen LogP contribution is 2.30. The molecule has 29 heavy (non-hydrogen) atoms. The van der Waals surface area contributed by atoms with Gasteiger partial charge in [-0.1, -0.05) is 12.1 Å². The molecule has 7 nitrogen and oxygen atoms in total. The van der Waals surface area contributed by atoms with Crippen molar-refractivity contribution in [2.75, 3.05) is 58.4 Å². The van der Waals surface area contributed by atoms with Crippen LogP contribution in [0.5, 0.6) is 17.2 Å². The van der Waals surface area contributed by atoms with E-state index in [1.807, 2.05) is 43.4 Å². The molecule has 1 unspecified atom stereocenters. The lowest BCUT2D eigenvalue weighted by atomic mass is 10.2. The first-order valence-corrected chi connectivity index (χ1v) is 10.00. The molecule has 7 heteroatoms. The highest BCUT2D eigenvalue weighted by Gasteiger charge is 2.23. The fraction of sp³-hybridized carbons (Fsp3) is 0.409. The summed E-state index contributed by atoms with van der Waals surface area (Å²) in [6.45, 7) is 4.91. The van der Waals surface area contributed by atoms with Gasteiger partial charge in [0.05, 0.1) is 13.7 Å². The van der Waals surface area contributed by atoms with Gasteiger partial charge < -0.3 is 29.3 Å². The van der Waals surface area contributed by atoms with E-state index in [0.717, 1.165) is 49.4 Å². The lowest BCUT2D eigenvalue weighted by Gasteiger charge is -2.38. The van der Waals surface area contributed by atoms with Crippen LogP contribution in [0.2, 0.25) is 0 Å². The number of hydrogen-bond acceptors (Lipinski definition) is 5. The first-order chi connectivity index (χ1) is 14.3. The highest BCUT2D eigenvalue weighted by molar-refractivity contribution is 5.80. The minimum atomic E-state index is -0.0396. The first kappa shape index (κ1) is 19.2. The molecule has 1 atom stereocenters. The van der Waals surface area contributed by atoms with Crippen molar-refractivity contribution in [2.45, 2.75) is 6.10 Å². The van der Waals surface area contributed by atoms with Gasteiger partial charge in [0.1, 0.15) is 18.5 Å². The molecular weight excluding hydrogens is 368 g/mol. The number of nitrogens with one attached hydrogen (secondary N) is 1. The van der Waals surface area contributed by atoms with Crippen LogP contribution in [0.4, 0.5) is 5.69 Å². The van der Waals surface area contributed by atoms with Gasteiger partial charge in [0.15, 0.2) is 17.5 Å². The third-order valence-electron chi connectivity index (χ3n) is 5.28. The fourth-order valence-corrected chi connectivity index (χ4v) is 3.67. The molecule has 0 aliphatic carbocycles. The number of para-hydroxylation sites is 2. The van der Waals surface area contributed by atoms with Crippen LogP contribution in [0.3, 0.4) is 0 Å². The summed E-state index contributed by atoms with van der Waals surface area (Å²) in [5.74, 6) is 3.40. The average molecular weight is 396 g/mol. The van der Waals surface area contributed by atoms with E-state index in [1.165, 1.54) is 5.69 Å². The Hall–Kier alpha value is -3.09. The fourth-order valence-electron chi connectivity index (χ4n) is 3.67. The monoisotopic (exact) mass is 396 g/mol. The normalized spacial score (nSPS) is 19.1. The summed E-state index contributed by atoms with van der Waals surface area (Å²) in [7, 11) is 3.52. The molecule has 1 N–H and O–H groups in total. The van der Waals surface area contributed by atoms with Crippen molar-refractivity contribution >= 4 is 11.6 Å². The zero-order valence-electron chi connectivity index (χ0n) is 17.0. The Morgan fingerprint density at radius 2 is 1.79 bits per heavy atom. The molecule has 2 aliphatic rings. The second-order valence-electron chi connectivity index (χ2n) is 7.10. The van der Waals surface area contributed by atoms with E-state index in [4.69, 9.17) is 14.2 Å². The van der Waals surface area contributed by atoms with Gasteiger partial charge in [-0.25, -0.2) is 0 Å². The van der Waals surface area contributed by atoms with Gasteiger partial charge in [-0.2, -0.15) is 0 Å². The molecular formula is C22H28N4O3. The molecule has 2 heterocycles. The van der Waals surface area contributed by atoms with E-state index < -0.39 is 0 Å². The minimum Gasteiger partial charge on any atom is -0.497 e. The van der Waals surface area contributed by atoms with Crippen molar-refractivity contribution in [3.05, 3.63) is 48.5 Å². The summed E-state index contributed by atoms with van der Waals surface area (Å²) in [6, 6.07) is 16.0. The molecule has 0 aromatic heterocycles. The molecule has 0 spiro atoms. The van der Waals surface area contributed by atoms with Gasteiger partial charge in [0.2, 0.25) is 0 Å². The van der Waals surface area contributed by atoms with E-state index in [9.17, 15) is 0 Å². The number of ether oxygens (including phenoxy) is 3. The van der Waals surface area contributed by atoms with Crippen LogP contribution in [0.1, 0.15) is 0 Å². The molecule has 0 amide bonds. The quantitative estimate of drug-likeness (QED) is 0.632. The second kappa shape index (κ2) is 8.94. The van der Waals surface area contributed by atoms with Crippen LogP contribution in [0, 0.1) is 0 Å². The molecule has 0 saturated carbocycles. The van der Waals surface area contributed by atoms with Crippen LogP contribution < -0.4 is 24.4 Å². The minimum absolute atomic E-state index is 0.0396. The largest absolute Gasteiger partial charge is 0.497 e. The van der Waals surface area contributed by atoms with Gasteiger partial charge in [0.25, 0.3) is 0 Å². The number of nitrogens with zero attached hydrogens (tertiary/aromatic N) is 3. The smallest absolute Gasteiger partial charge is 0.193 e. The third kappa shape index (κ3) is 4.50. The van der Waals surface area contributed by atoms with E-state index in [0.29, 0.717) is 13.2 Å². The maximum absolute atomic E-state index is 6.03. The van der Waals surface area contributed by atoms with Gasteiger partial charge in [-0.3, -0.25) is 4.99 Å². The van der Waals surface area contributed by atoms with Crippen molar-refractivity contribution < 1.29 is 14.2 Å². The molecule has 4 rings (SSSR count). The van der Waals surface area contributed by atoms with Crippen LogP contribution in [0.15, 0.2) is 53.5 Å². The first-order valence-electron chi connectivity index (χ1n) is 10.00. The van der Waals surface area contributed by atoms with Crippen molar-refractivity contribution in [2.24, 2.45) is 4.99 Å². The molecule has 1 saturated heterocycles. The number of piperazine rings is 1. The van der Waals surface area contributed by atoms with E-state index in [1.54, 1.807) is 7.11 Å². The topological polar surface area (TPSA) is 58.6 Å². The van der Waals surface area contributed by atoms with E-state index >= 15 is 0 Å². The summed E-state index contributed by atoms with van der Waals surface area (Å²) in [5.41, 5.74) is 1.22. The number of hydrogen-bond donors (Lipinski definition) is 1. The van der Waals surface area contributed by atoms with Crippen LogP contribution in [-0.2, 0) is 0 Å². The summed E-state index contributed by atoms with van der Waals surface area (Å²) >= 11 is 0. The number of anilines is 1. The number of fused-ring (bicyclic) bond motifs is 1. The van der Waals surface area contributed by atoms with Crippen LogP contribution in [-0.4, -0.2) is 70.5 Å². The zero-order chi connectivity index (χ0) is 20.1. The summed E-state index contributed by atoms with van der Waals surface area (Å²) < 4.78 is 17.1. The number of benzene rings is 2. The molecule has 2 aliphatic heterocycles. The third-order valence-corrected chi connectivity index (χ3v) is 5.28. The Morgan fingerprint density at radius 3 is 2.48 bits per heavy atom. The Morgan fingerprint density at radius 1 is 1.07 bits per heavy atom. The molecule has 154 valence electrons. The van der Waals surface area contributed by atoms with Crippen molar-refractivity contribution in [1.82, 2.24) is 10.2 Å². The molecule has 0 bridgehead atoms. The van der Waals surface area contributed by atoms with Crippen molar-refractivity contribution in [3.63, 3.8) is 0 Å². The number of rotatable bonds is 4. The Bertz CT molecular complexity index is 832. The SMILES string of the molecule is CN=C(NCC1COc2ccccc2O1)N1CCN(c2ccc(OC)cc2)CC1. The zero-order valence-corrected chi connectivity index (χ0v) is 17.0. The predicted molar refractivity (Wildman–Crippen MR) is 114 cm³/mol. The van der Waals surface area contributed by atoms with E-state index in [-0.39, 0.29) is 6.10 Å². The van der Waals surface area contributed by atoms with Crippen LogP contribution in [0.25, 0.3) is 0 Å². The molecule has 0 radical (unpaired) electrons. The Labute approximate surface area is 171 Å². The maximum atomic E-state index is 6.03. The molecule has 1 fully saturated rings. The standard InChI is InChI=1S/C22H28N4O3/c1-23-22(24-15-19-16-28-20-5-3-4-6-21(20)29-19)26-13-11-25(12-14-26)17-7-9-18(27-2)10-8-17/h3-10,19H,11-16H2,1-2H3,(H,23,24). The van der Waals surface area contributed by atoms with Crippen molar-refractivity contribution in [1.29, 1.82) is 0 Å². The van der Waals surface area contributed by atoms with E-state index in [2.05, 4.69) is 32.2 Å². The summed E-state index contributed by atoms with van der Waals surface area (Å²) in [4.78, 5) is 9.14. The van der Waals surface area contributed by atoms with Crippen LogP contribution >= 0.6 is 0 Å². The Balaban J connectivity index is 1.27. The Kier molecular flexibility index (Phi) is 5.93. The molecule has 2 aromatic rings. The lowest BCUT2D eigenvalue weighted by Crippen LogP contribution is -2.54. The van der Waals surface area contributed by atoms with Gasteiger partial charge >= 0.3 is 0 Å². The second-order valence-corrected chi connectivity index (χ2v) is 7.10. The summed E-state index contributed by atoms with van der Waals surface area (Å²) in [6.07, 6.45) is -0.0396. The van der Waals surface area contributed by atoms with Crippen molar-refractivity contribution in [3.8, 4) is 17.2 Å². The number of aliphatic imine (C=N–C) groups is 1. The molecule has 2 aromatic carbocycles. The average Bonchev–Trinajstić information content (AvgIpc) is 2.80. The predicted octanol–water partition coefficient (Wildman–Crippen LogP) is 2.23.